The van der Waals surface area contributed by atoms with Crippen LogP contribution >= 0.6 is 0 Å². The molecule has 0 fully saturated rings. The molecule has 0 radical (unpaired) electrons. The molecule has 0 atom stereocenters. The topological polar surface area (TPSA) is 26.3 Å². The van der Waals surface area contributed by atoms with Crippen LogP contribution in [0, 0.1) is 23.3 Å². The van der Waals surface area contributed by atoms with Crippen molar-refractivity contribution in [3.05, 3.63) is 88.5 Å². The first kappa shape index (κ1) is 24.5. The molecule has 0 spiro atoms. The van der Waals surface area contributed by atoms with Crippen molar-refractivity contribution in [2.75, 3.05) is 0 Å². The molecule has 0 aliphatic heterocycles. The van der Waals surface area contributed by atoms with Gasteiger partial charge in [-0.1, -0.05) is 69.5 Å². The first-order chi connectivity index (χ1) is 15.9. The summed E-state index contributed by atoms with van der Waals surface area (Å²) in [7, 11) is 0. The molecule has 3 rings (SSSR count). The van der Waals surface area contributed by atoms with Crippen molar-refractivity contribution in [3.63, 3.8) is 0 Å². The molecule has 3 aromatic carbocycles. The van der Waals surface area contributed by atoms with Crippen molar-refractivity contribution in [2.45, 2.75) is 52.4 Å². The minimum Gasteiger partial charge on any atom is -0.420 e. The Labute approximate surface area is 191 Å². The molecule has 0 unspecified atom stereocenters. The predicted octanol–water partition coefficient (Wildman–Crippen LogP) is 7.81. The Kier molecular flexibility index (Phi) is 8.26. The Morgan fingerprint density at radius 1 is 0.727 bits per heavy atom. The van der Waals surface area contributed by atoms with Crippen LogP contribution < -0.4 is 4.74 Å². The fourth-order valence-corrected chi connectivity index (χ4v) is 3.63. The lowest BCUT2D eigenvalue weighted by Gasteiger charge is -2.11. The summed E-state index contributed by atoms with van der Waals surface area (Å²) in [5.41, 5.74) is 1.00. The summed E-state index contributed by atoms with van der Waals surface area (Å²) in [6, 6.07) is 11.9. The van der Waals surface area contributed by atoms with Crippen LogP contribution in [0.2, 0.25) is 0 Å². The Morgan fingerprint density at radius 2 is 1.45 bits per heavy atom. The van der Waals surface area contributed by atoms with Gasteiger partial charge in [-0.2, -0.15) is 4.39 Å². The van der Waals surface area contributed by atoms with Crippen LogP contribution in [0.25, 0.3) is 11.1 Å². The van der Waals surface area contributed by atoms with E-state index in [-0.39, 0.29) is 11.1 Å². The second-order valence-corrected chi connectivity index (χ2v) is 7.93. The van der Waals surface area contributed by atoms with E-state index in [9.17, 15) is 22.4 Å². The van der Waals surface area contributed by atoms with Crippen LogP contribution in [-0.2, 0) is 12.8 Å². The molecule has 0 aliphatic carbocycles. The summed E-state index contributed by atoms with van der Waals surface area (Å²) in [6.45, 7) is 3.94. The third-order valence-electron chi connectivity index (χ3n) is 5.49. The highest BCUT2D eigenvalue weighted by atomic mass is 19.2. The summed E-state index contributed by atoms with van der Waals surface area (Å²) in [4.78, 5) is 12.4. The molecule has 6 heteroatoms. The number of carbonyl (C=O) groups is 1. The van der Waals surface area contributed by atoms with E-state index in [1.165, 1.54) is 12.1 Å². The summed E-state index contributed by atoms with van der Waals surface area (Å²) in [5.74, 6) is -7.08. The van der Waals surface area contributed by atoms with Gasteiger partial charge in [-0.05, 0) is 48.1 Å². The maximum atomic E-state index is 14.8. The van der Waals surface area contributed by atoms with Gasteiger partial charge in [-0.15, -0.1) is 0 Å². The first-order valence-electron chi connectivity index (χ1n) is 11.1. The normalized spacial score (nSPS) is 11.0. The van der Waals surface area contributed by atoms with E-state index in [2.05, 4.69) is 6.92 Å². The monoisotopic (exact) mass is 458 g/mol. The van der Waals surface area contributed by atoms with E-state index in [0.717, 1.165) is 43.4 Å². The highest BCUT2D eigenvalue weighted by molar-refractivity contribution is 5.92. The number of ether oxygens (including phenoxy) is 1. The Balaban J connectivity index is 1.80. The van der Waals surface area contributed by atoms with Crippen molar-refractivity contribution in [3.8, 4) is 16.9 Å². The zero-order valence-corrected chi connectivity index (χ0v) is 18.7. The van der Waals surface area contributed by atoms with Crippen LogP contribution in [0.1, 0.15) is 61.0 Å². The third kappa shape index (κ3) is 5.62. The maximum Gasteiger partial charge on any atom is 0.346 e. The summed E-state index contributed by atoms with van der Waals surface area (Å²) >= 11 is 0. The standard InChI is InChI=1S/C27H26F4O2/c1-3-5-6-8-17-9-11-18(12-10-17)20-14-15-21(25(30)24(20)29)27(32)33-22-16-13-19(7-4-2)23(28)26(22)31/h9-16H,3-8H2,1-2H3. The van der Waals surface area contributed by atoms with Crippen molar-refractivity contribution in [2.24, 2.45) is 0 Å². The number of aryl methyl sites for hydroxylation is 2. The van der Waals surface area contributed by atoms with Crippen LogP contribution in [0.15, 0.2) is 48.5 Å². The van der Waals surface area contributed by atoms with Gasteiger partial charge in [0.15, 0.2) is 23.2 Å². The predicted molar refractivity (Wildman–Crippen MR) is 120 cm³/mol. The molecule has 0 amide bonds. The van der Waals surface area contributed by atoms with E-state index in [1.54, 1.807) is 12.1 Å². The molecule has 2 nitrogen and oxygen atoms in total. The van der Waals surface area contributed by atoms with Gasteiger partial charge in [-0.3, -0.25) is 0 Å². The van der Waals surface area contributed by atoms with Crippen LogP contribution in [0.3, 0.4) is 0 Å². The number of hydrogen-bond donors (Lipinski definition) is 0. The summed E-state index contributed by atoms with van der Waals surface area (Å²) in [5, 5.41) is 0. The quantitative estimate of drug-likeness (QED) is 0.141. The molecule has 0 saturated carbocycles. The largest absolute Gasteiger partial charge is 0.420 e. The fourth-order valence-electron chi connectivity index (χ4n) is 3.63. The average molecular weight is 458 g/mol. The molecule has 0 aromatic heterocycles. The van der Waals surface area contributed by atoms with E-state index < -0.39 is 40.6 Å². The average Bonchev–Trinajstić information content (AvgIpc) is 2.81. The Bertz CT molecular complexity index is 1120. The van der Waals surface area contributed by atoms with Gasteiger partial charge in [0.2, 0.25) is 5.82 Å². The van der Waals surface area contributed by atoms with Gasteiger partial charge >= 0.3 is 5.97 Å². The number of carbonyl (C=O) groups excluding carboxylic acids is 1. The first-order valence-corrected chi connectivity index (χ1v) is 11.1. The number of esters is 1. The van der Waals surface area contributed by atoms with Crippen LogP contribution in [0.5, 0.6) is 5.75 Å². The fraction of sp³-hybridized carbons (Fsp3) is 0.296. The van der Waals surface area contributed by atoms with E-state index in [0.29, 0.717) is 18.4 Å². The Morgan fingerprint density at radius 3 is 2.12 bits per heavy atom. The summed E-state index contributed by atoms with van der Waals surface area (Å²) in [6.07, 6.45) is 5.13. The van der Waals surface area contributed by atoms with E-state index in [1.807, 2.05) is 19.1 Å². The highest BCUT2D eigenvalue weighted by Gasteiger charge is 2.23. The minimum absolute atomic E-state index is 0.00898. The lowest BCUT2D eigenvalue weighted by Crippen LogP contribution is -2.14. The zero-order valence-electron chi connectivity index (χ0n) is 18.7. The molecule has 0 aliphatic rings. The molecular formula is C27H26F4O2. The minimum atomic E-state index is -1.41. The van der Waals surface area contributed by atoms with Gasteiger partial charge in [0.1, 0.15) is 0 Å². The van der Waals surface area contributed by atoms with Gasteiger partial charge < -0.3 is 4.74 Å². The third-order valence-corrected chi connectivity index (χ3v) is 5.49. The second-order valence-electron chi connectivity index (χ2n) is 7.93. The van der Waals surface area contributed by atoms with Crippen LogP contribution in [-0.4, -0.2) is 5.97 Å². The lowest BCUT2D eigenvalue weighted by molar-refractivity contribution is 0.0720. The van der Waals surface area contributed by atoms with Gasteiger partial charge in [0.25, 0.3) is 0 Å². The number of rotatable bonds is 9. The molecule has 0 N–H and O–H groups in total. The maximum absolute atomic E-state index is 14.8. The number of unbranched alkanes of at least 4 members (excludes halogenated alkanes) is 2. The van der Waals surface area contributed by atoms with Crippen molar-refractivity contribution in [1.29, 1.82) is 0 Å². The number of halogens is 4. The van der Waals surface area contributed by atoms with Crippen molar-refractivity contribution >= 4 is 5.97 Å². The molecule has 0 heterocycles. The van der Waals surface area contributed by atoms with E-state index in [4.69, 9.17) is 4.74 Å². The molecule has 0 bridgehead atoms. The molecule has 33 heavy (non-hydrogen) atoms. The molecule has 0 saturated heterocycles. The number of hydrogen-bond acceptors (Lipinski definition) is 2. The van der Waals surface area contributed by atoms with Gasteiger partial charge in [-0.25, -0.2) is 18.0 Å². The number of benzene rings is 3. The molecule has 174 valence electrons. The second kappa shape index (κ2) is 11.1. The van der Waals surface area contributed by atoms with E-state index >= 15 is 0 Å². The smallest absolute Gasteiger partial charge is 0.346 e. The molecular weight excluding hydrogens is 432 g/mol. The van der Waals surface area contributed by atoms with Gasteiger partial charge in [0.05, 0.1) is 5.56 Å². The van der Waals surface area contributed by atoms with Crippen LogP contribution in [0.4, 0.5) is 17.6 Å². The highest BCUT2D eigenvalue weighted by Crippen LogP contribution is 2.29. The SMILES string of the molecule is CCCCCc1ccc(-c2ccc(C(=O)Oc3ccc(CCC)c(F)c3F)c(F)c2F)cc1. The van der Waals surface area contributed by atoms with Gasteiger partial charge in [0, 0.05) is 5.56 Å². The summed E-state index contributed by atoms with van der Waals surface area (Å²) < 4.78 is 62.6. The molecule has 3 aromatic rings. The zero-order chi connectivity index (χ0) is 24.0. The Hall–Kier alpha value is -3.15. The lowest BCUT2D eigenvalue weighted by atomic mass is 9.99. The van der Waals surface area contributed by atoms with Crippen molar-refractivity contribution in [1.82, 2.24) is 0 Å². The van der Waals surface area contributed by atoms with Crippen molar-refractivity contribution < 1.29 is 27.1 Å².